The lowest BCUT2D eigenvalue weighted by Crippen LogP contribution is -2.64. The fourth-order valence-corrected chi connectivity index (χ4v) is 13.5. The Morgan fingerprint density at radius 3 is 1.48 bits per heavy atom. The van der Waals surface area contributed by atoms with Gasteiger partial charge >= 0.3 is 0 Å². The predicted octanol–water partition coefficient (Wildman–Crippen LogP) is 3.21. The van der Waals surface area contributed by atoms with Crippen LogP contribution in [0, 0.1) is 35.5 Å². The Bertz CT molecular complexity index is 2650. The molecule has 0 aromatic carbocycles. The van der Waals surface area contributed by atoms with Crippen LogP contribution in [0.15, 0.2) is 12.2 Å². The molecule has 0 spiro atoms. The first kappa shape index (κ1) is 87.2. The van der Waals surface area contributed by atoms with Crippen LogP contribution in [0.2, 0.25) is 0 Å². The van der Waals surface area contributed by atoms with Crippen LogP contribution in [-0.4, -0.2) is 286 Å². The van der Waals surface area contributed by atoms with Gasteiger partial charge in [0.1, 0.15) is 66.5 Å². The molecule has 0 saturated carbocycles. The zero-order valence-corrected chi connectivity index (χ0v) is 64.0. The third kappa shape index (κ3) is 25.7. The Morgan fingerprint density at radius 2 is 0.990 bits per heavy atom. The highest BCUT2D eigenvalue weighted by Crippen LogP contribution is 2.27. The minimum absolute atomic E-state index is 0.0197. The van der Waals surface area contributed by atoms with Gasteiger partial charge in [-0.3, -0.25) is 57.6 Å². The summed E-state index contributed by atoms with van der Waals surface area (Å²) >= 11 is 1.41. The van der Waals surface area contributed by atoms with Gasteiger partial charge in [0.25, 0.3) is 0 Å². The Kier molecular flexibility index (Phi) is 36.3. The lowest BCUT2D eigenvalue weighted by molar-refractivity contribution is -0.157. The van der Waals surface area contributed by atoms with E-state index in [2.05, 4.69) is 26.2 Å². The first-order valence-corrected chi connectivity index (χ1v) is 36.1. The zero-order chi connectivity index (χ0) is 74.4. The van der Waals surface area contributed by atoms with Crippen molar-refractivity contribution in [1.82, 2.24) is 60.5 Å². The molecule has 0 bridgehead atoms. The maximum absolute atomic E-state index is 15.5. The van der Waals surface area contributed by atoms with Crippen molar-refractivity contribution in [1.29, 1.82) is 0 Å². The number of carbonyl (C=O) groups is 11. The summed E-state index contributed by atoms with van der Waals surface area (Å²) in [6.07, 6.45) is 3.08. The monoisotopic (exact) mass is 1390 g/mol. The molecule has 11 amide bonds. The third-order valence-electron chi connectivity index (χ3n) is 18.5. The highest BCUT2D eigenvalue weighted by Gasteiger charge is 2.47. The molecule has 2 aliphatic rings. The van der Waals surface area contributed by atoms with E-state index in [1.54, 1.807) is 54.5 Å². The van der Waals surface area contributed by atoms with Crippen molar-refractivity contribution >= 4 is 76.7 Å². The molecule has 2 aliphatic heterocycles. The van der Waals surface area contributed by atoms with E-state index in [0.29, 0.717) is 19.0 Å². The second-order valence-corrected chi connectivity index (χ2v) is 30.7. The van der Waals surface area contributed by atoms with Crippen molar-refractivity contribution in [2.75, 3.05) is 93.7 Å². The van der Waals surface area contributed by atoms with Crippen LogP contribution >= 0.6 is 11.8 Å². The van der Waals surface area contributed by atoms with Crippen molar-refractivity contribution < 1.29 is 67.7 Å². The van der Waals surface area contributed by atoms with Crippen LogP contribution < -0.4 is 21.3 Å². The molecule has 26 nitrogen and oxygen atoms in total. The van der Waals surface area contributed by atoms with E-state index in [9.17, 15) is 29.4 Å². The molecule has 0 aliphatic carbocycles. The molecule has 97 heavy (non-hydrogen) atoms. The van der Waals surface area contributed by atoms with Crippen LogP contribution in [0.25, 0.3) is 0 Å². The molecular weight excluding hydrogens is 1260 g/mol. The highest BCUT2D eigenvalue weighted by molar-refractivity contribution is 7.99. The van der Waals surface area contributed by atoms with Gasteiger partial charge in [0.2, 0.25) is 65.0 Å². The Morgan fingerprint density at radius 1 is 0.536 bits per heavy atom. The van der Waals surface area contributed by atoms with Gasteiger partial charge in [-0.1, -0.05) is 95.2 Å². The van der Waals surface area contributed by atoms with E-state index in [1.165, 1.54) is 113 Å². The van der Waals surface area contributed by atoms with E-state index in [0.717, 1.165) is 35.9 Å². The standard InChI is InChI=1S/C70H126N12O14S/c1-25-27-29-46(13)58(83)57-62(87)73-49(26-2)64(89)79(22)54(40-97-35-28-30-82-31-33-96-34-32-82)67(92)78(21)53(39-70(16,17)95)61(86)74-55(44(9)10)68(93)75(18)50(36-41(3)4)60(85)71-47(14)59(84)72-48(15)63(88)76(19)51(37-42(5)6)65(90)77(20)52(38-43(7)8)66(91)80(23)56(45(11)12)69(94)81(57)24/h25,27,41-58,83,95H,26,28-40H2,1-24H3,(H,71,85)(H,72,84)(H,73,87)(H,74,86)/b27-25+/t46-,47+,48-,49+,50+,51+,52+,53+,54-,55+,56+,57+,58-/m1/s1. The molecule has 0 aromatic rings. The summed E-state index contributed by atoms with van der Waals surface area (Å²) < 4.78 is 5.54. The number of hydrogen-bond donors (Lipinski definition) is 6. The average Bonchev–Trinajstić information content (AvgIpc) is 0.808. The van der Waals surface area contributed by atoms with Gasteiger partial charge in [0.05, 0.1) is 24.9 Å². The zero-order valence-electron chi connectivity index (χ0n) is 63.2. The molecule has 27 heteroatoms. The quantitative estimate of drug-likeness (QED) is 0.0710. The minimum atomic E-state index is -1.66. The Hall–Kier alpha value is -5.90. The van der Waals surface area contributed by atoms with Crippen LogP contribution in [0.4, 0.5) is 0 Å². The lowest BCUT2D eigenvalue weighted by Gasteiger charge is -2.41. The number of aliphatic hydroxyl groups excluding tert-OH is 1. The number of allylic oxidation sites excluding steroid dienone is 2. The van der Waals surface area contributed by atoms with Gasteiger partial charge < -0.3 is 70.5 Å². The summed E-state index contributed by atoms with van der Waals surface area (Å²) in [7, 11) is 9.90. The molecule has 13 atom stereocenters. The van der Waals surface area contributed by atoms with E-state index in [4.69, 9.17) is 4.74 Å². The van der Waals surface area contributed by atoms with Crippen molar-refractivity contribution in [3.8, 4) is 0 Å². The summed E-state index contributed by atoms with van der Waals surface area (Å²) in [5.41, 5.74) is -1.59. The third-order valence-corrected chi connectivity index (χ3v) is 19.7. The van der Waals surface area contributed by atoms with Crippen molar-refractivity contribution in [2.24, 2.45) is 35.5 Å². The molecule has 0 unspecified atom stereocenters. The number of amides is 11. The number of morpholine rings is 1. The Labute approximate surface area is 584 Å². The molecule has 0 radical (unpaired) electrons. The Balaban J connectivity index is 3.11. The summed E-state index contributed by atoms with van der Waals surface area (Å²) in [5, 5.41) is 34.9. The molecule has 556 valence electrons. The fourth-order valence-electron chi connectivity index (χ4n) is 12.4. The molecule has 2 heterocycles. The maximum atomic E-state index is 15.5. The number of rotatable bonds is 21. The van der Waals surface area contributed by atoms with Crippen LogP contribution in [0.1, 0.15) is 163 Å². The van der Waals surface area contributed by atoms with E-state index < -0.39 is 161 Å². The van der Waals surface area contributed by atoms with Gasteiger partial charge in [-0.2, -0.15) is 11.8 Å². The summed E-state index contributed by atoms with van der Waals surface area (Å²) in [6.45, 7) is 32.5. The fraction of sp³-hybridized carbons (Fsp3) is 0.814. The first-order valence-electron chi connectivity index (χ1n) is 35.0. The van der Waals surface area contributed by atoms with Gasteiger partial charge in [-0.15, -0.1) is 0 Å². The molecular formula is C70H126N12O14S. The summed E-state index contributed by atoms with van der Waals surface area (Å²) in [4.78, 5) is 175. The van der Waals surface area contributed by atoms with E-state index >= 15 is 33.6 Å². The normalized spacial score (nSPS) is 27.1. The first-order chi connectivity index (χ1) is 45.0. The number of thioether (sulfide) groups is 1. The average molecular weight is 1390 g/mol. The highest BCUT2D eigenvalue weighted by atomic mass is 32.2. The molecule has 2 fully saturated rings. The second kappa shape index (κ2) is 40.4. The van der Waals surface area contributed by atoms with Crippen molar-refractivity contribution in [3.05, 3.63) is 12.2 Å². The molecule has 6 N–H and O–H groups in total. The van der Waals surface area contributed by atoms with Gasteiger partial charge in [-0.25, -0.2) is 0 Å². The van der Waals surface area contributed by atoms with Crippen LogP contribution in [-0.2, 0) is 57.5 Å². The SMILES string of the molecule is C/C=C/C[C@@H](C)[C@@H](O)[C@H]1C(=O)N[C@@H](CC)C(=O)N(C)[C@H](CSCCCN2CCOCC2)C(=O)N(C)[C@@H](CC(C)(C)O)C(=O)N[C@@H](C(C)C)C(=O)N(C)[C@@H](CC(C)C)C(=O)N[C@@H](C)C(=O)N[C@H](C)C(=O)N(C)[C@@H](CC(C)C)C(=O)N(C)[C@@H](CC(C)C)C(=O)N(C)[C@@H](C(C)C)C(=O)N1C. The molecule has 2 rings (SSSR count). The number of ether oxygens (including phenoxy) is 1. The van der Waals surface area contributed by atoms with Gasteiger partial charge in [0, 0.05) is 74.6 Å². The van der Waals surface area contributed by atoms with Crippen LogP contribution in [0.5, 0.6) is 0 Å². The number of aliphatic hydroxyl groups is 2. The van der Waals surface area contributed by atoms with Crippen molar-refractivity contribution in [3.63, 3.8) is 0 Å². The number of likely N-dealkylation sites (N-methyl/N-ethyl adjacent to an activating group) is 7. The largest absolute Gasteiger partial charge is 0.390 e. The van der Waals surface area contributed by atoms with E-state index in [1.807, 2.05) is 47.6 Å². The summed E-state index contributed by atoms with van der Waals surface area (Å²) in [5.74, 6) is -9.69. The number of nitrogens with zero attached hydrogens (tertiary/aromatic N) is 8. The topological polar surface area (TPSA) is 312 Å². The smallest absolute Gasteiger partial charge is 0.246 e. The number of nitrogens with one attached hydrogen (secondary N) is 4. The second-order valence-electron chi connectivity index (χ2n) is 29.6. The summed E-state index contributed by atoms with van der Waals surface area (Å²) in [6, 6.07) is -14.4. The van der Waals surface area contributed by atoms with E-state index in [-0.39, 0.29) is 62.0 Å². The lowest BCUT2D eigenvalue weighted by atomic mass is 9.91. The minimum Gasteiger partial charge on any atom is -0.390 e. The van der Waals surface area contributed by atoms with Crippen LogP contribution in [0.3, 0.4) is 0 Å². The molecule has 0 aromatic heterocycles. The van der Waals surface area contributed by atoms with Gasteiger partial charge in [-0.05, 0) is 121 Å². The van der Waals surface area contributed by atoms with Gasteiger partial charge in [0.15, 0.2) is 0 Å². The number of carbonyl (C=O) groups excluding carboxylic acids is 11. The predicted molar refractivity (Wildman–Crippen MR) is 378 cm³/mol. The molecule has 2 saturated heterocycles. The van der Waals surface area contributed by atoms with Crippen molar-refractivity contribution in [2.45, 2.75) is 241 Å². The number of hydrogen-bond acceptors (Lipinski definition) is 16. The maximum Gasteiger partial charge on any atom is 0.246 e.